The van der Waals surface area contributed by atoms with E-state index in [2.05, 4.69) is 16.5 Å². The van der Waals surface area contributed by atoms with Crippen molar-refractivity contribution < 1.29 is 14.0 Å². The molecule has 9 heteroatoms. The van der Waals surface area contributed by atoms with E-state index in [1.165, 1.54) is 19.1 Å². The summed E-state index contributed by atoms with van der Waals surface area (Å²) in [5, 5.41) is 16.7. The third kappa shape index (κ3) is 3.33. The predicted octanol–water partition coefficient (Wildman–Crippen LogP) is 3.81. The third-order valence-corrected chi connectivity index (χ3v) is 5.63. The second-order valence-corrected chi connectivity index (χ2v) is 7.74. The van der Waals surface area contributed by atoms with Gasteiger partial charge in [-0.15, -0.1) is 0 Å². The summed E-state index contributed by atoms with van der Waals surface area (Å²) in [6.45, 7) is 3.03. The maximum absolute atomic E-state index is 13.5. The summed E-state index contributed by atoms with van der Waals surface area (Å²) in [5.74, 6) is -1.11. The molecular formula is C22H17ClFN5O2. The molecule has 1 aliphatic heterocycles. The van der Waals surface area contributed by atoms with Crippen LogP contribution in [0.2, 0.25) is 5.02 Å². The van der Waals surface area contributed by atoms with Gasteiger partial charge < -0.3 is 5.32 Å². The Kier molecular flexibility index (Phi) is 4.99. The second-order valence-electron chi connectivity index (χ2n) is 7.34. The molecule has 1 atom stereocenters. The van der Waals surface area contributed by atoms with Gasteiger partial charge in [-0.2, -0.15) is 10.4 Å². The number of hydrogen-bond donors (Lipinski definition) is 1. The molecule has 1 N–H and O–H groups in total. The van der Waals surface area contributed by atoms with E-state index in [9.17, 15) is 19.2 Å². The van der Waals surface area contributed by atoms with Crippen molar-refractivity contribution in [2.75, 3.05) is 0 Å². The number of amides is 3. The molecule has 0 radical (unpaired) electrons. The molecule has 0 aliphatic carbocycles. The molecular weight excluding hydrogens is 421 g/mol. The van der Waals surface area contributed by atoms with Gasteiger partial charge in [-0.05, 0) is 38.1 Å². The zero-order valence-corrected chi connectivity index (χ0v) is 17.4. The van der Waals surface area contributed by atoms with Gasteiger partial charge in [0, 0.05) is 10.6 Å². The summed E-state index contributed by atoms with van der Waals surface area (Å²) >= 11 is 6.16. The average Bonchev–Trinajstić information content (AvgIpc) is 3.17. The van der Waals surface area contributed by atoms with Crippen molar-refractivity contribution >= 4 is 23.5 Å². The van der Waals surface area contributed by atoms with E-state index in [4.69, 9.17) is 11.6 Å². The number of nitrogens with zero attached hydrogens (tertiary/aromatic N) is 4. The summed E-state index contributed by atoms with van der Waals surface area (Å²) in [6, 6.07) is 14.2. The van der Waals surface area contributed by atoms with Crippen LogP contribution in [0.3, 0.4) is 0 Å². The van der Waals surface area contributed by atoms with E-state index in [0.29, 0.717) is 17.1 Å². The van der Waals surface area contributed by atoms with Crippen LogP contribution in [0.5, 0.6) is 0 Å². The van der Waals surface area contributed by atoms with Gasteiger partial charge in [-0.1, -0.05) is 35.9 Å². The highest BCUT2D eigenvalue weighted by Gasteiger charge is 2.50. The Balaban J connectivity index is 1.75. The van der Waals surface area contributed by atoms with Gasteiger partial charge in [0.2, 0.25) is 0 Å². The number of benzene rings is 2. The quantitative estimate of drug-likeness (QED) is 0.628. The van der Waals surface area contributed by atoms with E-state index in [-0.39, 0.29) is 22.7 Å². The Morgan fingerprint density at radius 1 is 1.23 bits per heavy atom. The van der Waals surface area contributed by atoms with Gasteiger partial charge in [0.15, 0.2) is 0 Å². The zero-order chi connectivity index (χ0) is 22.3. The van der Waals surface area contributed by atoms with Crippen LogP contribution in [-0.2, 0) is 16.9 Å². The summed E-state index contributed by atoms with van der Waals surface area (Å²) in [7, 11) is 0. The molecule has 0 bridgehead atoms. The fourth-order valence-corrected chi connectivity index (χ4v) is 4.07. The lowest BCUT2D eigenvalue weighted by molar-refractivity contribution is -0.131. The first-order chi connectivity index (χ1) is 14.8. The average molecular weight is 438 g/mol. The monoisotopic (exact) mass is 437 g/mol. The van der Waals surface area contributed by atoms with Crippen LogP contribution >= 0.6 is 11.6 Å². The Labute approximate surface area is 182 Å². The number of para-hydroxylation sites is 1. The van der Waals surface area contributed by atoms with E-state index in [1.54, 1.807) is 11.6 Å². The number of rotatable bonds is 4. The maximum atomic E-state index is 13.5. The molecule has 156 valence electrons. The fraction of sp³-hybridized carbons (Fsp3) is 0.182. The third-order valence-electron chi connectivity index (χ3n) is 5.32. The van der Waals surface area contributed by atoms with Crippen LogP contribution in [-0.4, -0.2) is 26.6 Å². The van der Waals surface area contributed by atoms with Crippen LogP contribution in [0.4, 0.5) is 9.18 Å². The van der Waals surface area contributed by atoms with Crippen molar-refractivity contribution in [2.45, 2.75) is 25.9 Å². The summed E-state index contributed by atoms with van der Waals surface area (Å²) in [4.78, 5) is 27.1. The minimum absolute atomic E-state index is 0.0286. The number of nitrogens with one attached hydrogen (secondary N) is 1. The number of nitriles is 1. The summed E-state index contributed by atoms with van der Waals surface area (Å²) in [6.07, 6.45) is 0. The smallest absolute Gasteiger partial charge is 0.319 e. The van der Waals surface area contributed by atoms with E-state index >= 15 is 0 Å². The summed E-state index contributed by atoms with van der Waals surface area (Å²) in [5.41, 5.74) is 0.685. The van der Waals surface area contributed by atoms with Gasteiger partial charge in [-0.25, -0.2) is 13.9 Å². The Morgan fingerprint density at radius 3 is 2.58 bits per heavy atom. The molecule has 4 rings (SSSR count). The topological polar surface area (TPSA) is 91.0 Å². The number of aryl methyl sites for hydroxylation is 1. The van der Waals surface area contributed by atoms with E-state index in [0.717, 1.165) is 11.0 Å². The van der Waals surface area contributed by atoms with Crippen molar-refractivity contribution in [2.24, 2.45) is 0 Å². The Bertz CT molecular complexity index is 1250. The van der Waals surface area contributed by atoms with Crippen molar-refractivity contribution in [1.29, 1.82) is 5.26 Å². The van der Waals surface area contributed by atoms with Gasteiger partial charge in [0.25, 0.3) is 5.91 Å². The van der Waals surface area contributed by atoms with Crippen molar-refractivity contribution in [3.63, 3.8) is 0 Å². The second kappa shape index (κ2) is 7.52. The summed E-state index contributed by atoms with van der Waals surface area (Å²) < 4.78 is 15.0. The molecule has 1 aromatic heterocycles. The standard InChI is InChI=1S/C22H17ClFN5O2/c1-13-16(11-25)19(29(27-13)15-6-4-3-5-7-15)12-28-20(30)22(2,26-21(28)31)17-9-8-14(24)10-18(17)23/h3-10H,12H2,1-2H3,(H,26,31). The molecule has 2 heterocycles. The molecule has 0 spiro atoms. The number of carbonyl (C=O) groups is 2. The lowest BCUT2D eigenvalue weighted by Gasteiger charge is -2.23. The highest BCUT2D eigenvalue weighted by molar-refractivity contribution is 6.32. The van der Waals surface area contributed by atoms with Gasteiger partial charge >= 0.3 is 6.03 Å². The number of carbonyl (C=O) groups excluding carboxylic acids is 2. The fourth-order valence-electron chi connectivity index (χ4n) is 3.72. The number of urea groups is 1. The molecule has 2 aromatic carbocycles. The first kappa shape index (κ1) is 20.6. The minimum atomic E-state index is -1.47. The maximum Gasteiger partial charge on any atom is 0.325 e. The number of imide groups is 1. The van der Waals surface area contributed by atoms with Gasteiger partial charge in [0.1, 0.15) is 17.4 Å². The molecule has 3 aromatic rings. The number of aromatic nitrogens is 2. The zero-order valence-electron chi connectivity index (χ0n) is 16.7. The minimum Gasteiger partial charge on any atom is -0.319 e. The van der Waals surface area contributed by atoms with E-state index < -0.39 is 23.3 Å². The van der Waals surface area contributed by atoms with Crippen LogP contribution in [0.1, 0.15) is 29.4 Å². The van der Waals surface area contributed by atoms with Gasteiger partial charge in [-0.3, -0.25) is 9.69 Å². The Morgan fingerprint density at radius 2 is 1.94 bits per heavy atom. The first-order valence-electron chi connectivity index (χ1n) is 9.40. The normalized spacial score (nSPS) is 18.2. The van der Waals surface area contributed by atoms with Crippen molar-refractivity contribution in [3.8, 4) is 11.8 Å². The van der Waals surface area contributed by atoms with Crippen molar-refractivity contribution in [3.05, 3.63) is 81.9 Å². The molecule has 1 fully saturated rings. The number of halogens is 2. The largest absolute Gasteiger partial charge is 0.325 e. The van der Waals surface area contributed by atoms with Crippen LogP contribution in [0.25, 0.3) is 5.69 Å². The molecule has 1 saturated heterocycles. The lowest BCUT2D eigenvalue weighted by Crippen LogP contribution is -2.41. The molecule has 31 heavy (non-hydrogen) atoms. The molecule has 7 nitrogen and oxygen atoms in total. The highest BCUT2D eigenvalue weighted by atomic mass is 35.5. The SMILES string of the molecule is Cc1nn(-c2ccccc2)c(CN2C(=O)NC(C)(c3ccc(F)cc3Cl)C2=O)c1C#N. The number of hydrogen-bond acceptors (Lipinski definition) is 4. The van der Waals surface area contributed by atoms with Crippen LogP contribution in [0, 0.1) is 24.1 Å². The molecule has 1 unspecified atom stereocenters. The van der Waals surface area contributed by atoms with Crippen LogP contribution in [0.15, 0.2) is 48.5 Å². The molecule has 1 aliphatic rings. The Hall–Kier alpha value is -3.70. The molecule has 3 amide bonds. The molecule has 0 saturated carbocycles. The van der Waals surface area contributed by atoms with Crippen LogP contribution < -0.4 is 5.32 Å². The predicted molar refractivity (Wildman–Crippen MR) is 111 cm³/mol. The highest BCUT2D eigenvalue weighted by Crippen LogP contribution is 2.35. The van der Waals surface area contributed by atoms with Crippen molar-refractivity contribution in [1.82, 2.24) is 20.0 Å². The lowest BCUT2D eigenvalue weighted by atomic mass is 9.92. The van der Waals surface area contributed by atoms with Gasteiger partial charge in [0.05, 0.1) is 29.2 Å². The first-order valence-corrected chi connectivity index (χ1v) is 9.77. The van der Waals surface area contributed by atoms with E-state index in [1.807, 2.05) is 30.3 Å².